The minimum absolute atomic E-state index is 0.00876. The Balaban J connectivity index is 1.94. The fraction of sp³-hybridized carbons (Fsp3) is 0.474. The van der Waals surface area contributed by atoms with Crippen molar-refractivity contribution in [3.8, 4) is 0 Å². The minimum atomic E-state index is -3.83. The normalized spacial score (nSPS) is 13.6. The van der Waals surface area contributed by atoms with Crippen LogP contribution in [0, 0.1) is 11.6 Å². The summed E-state index contributed by atoms with van der Waals surface area (Å²) in [5.41, 5.74) is 9.22. The van der Waals surface area contributed by atoms with Gasteiger partial charge in [0.2, 0.25) is 11.8 Å². The van der Waals surface area contributed by atoms with E-state index < -0.39 is 62.5 Å². The van der Waals surface area contributed by atoms with E-state index in [4.69, 9.17) is 5.73 Å². The van der Waals surface area contributed by atoms with Crippen molar-refractivity contribution in [3.63, 3.8) is 0 Å². The number of nitrogens with zero attached hydrogens (tertiary/aromatic N) is 1. The topological polar surface area (TPSA) is 130 Å². The lowest BCUT2D eigenvalue weighted by atomic mass is 10.0. The molecule has 268 valence electrons. The number of rotatable bonds is 20. The molecule has 49 heavy (non-hydrogen) atoms. The van der Waals surface area contributed by atoms with Gasteiger partial charge in [-0.25, -0.2) is 17.2 Å². The fourth-order valence-electron chi connectivity index (χ4n) is 5.98. The Morgan fingerprint density at radius 3 is 2.08 bits per heavy atom. The van der Waals surface area contributed by atoms with E-state index in [1.165, 1.54) is 4.90 Å². The van der Waals surface area contributed by atoms with Gasteiger partial charge in [0, 0.05) is 31.6 Å². The van der Waals surface area contributed by atoms with E-state index in [1.54, 1.807) is 0 Å². The molecule has 3 aromatic rings. The molecule has 0 spiro atoms. The van der Waals surface area contributed by atoms with Crippen LogP contribution in [0.2, 0.25) is 0 Å². The first kappa shape index (κ1) is 39.8. The van der Waals surface area contributed by atoms with Crippen molar-refractivity contribution in [2.24, 2.45) is 5.73 Å². The molecule has 3 aromatic carbocycles. The number of nitrogens with two attached hydrogens (primary N) is 1. The van der Waals surface area contributed by atoms with Crippen molar-refractivity contribution < 1.29 is 31.9 Å². The maximum absolute atomic E-state index is 14.4. The highest BCUT2D eigenvalue weighted by Gasteiger charge is 2.35. The Labute approximate surface area is 290 Å². The van der Waals surface area contributed by atoms with Gasteiger partial charge in [-0.15, -0.1) is 0 Å². The molecule has 4 N–H and O–H groups in total. The molecule has 0 bridgehead atoms. The lowest BCUT2D eigenvalue weighted by Crippen LogP contribution is -2.55. The van der Waals surface area contributed by atoms with Gasteiger partial charge in [-0.1, -0.05) is 88.2 Å². The fourth-order valence-corrected chi connectivity index (χ4v) is 8.13. The maximum atomic E-state index is 14.4. The third kappa shape index (κ3) is 12.9. The van der Waals surface area contributed by atoms with E-state index in [1.807, 2.05) is 75.4 Å². The summed E-state index contributed by atoms with van der Waals surface area (Å²) in [6, 6.07) is 17.5. The van der Waals surface area contributed by atoms with E-state index in [0.717, 1.165) is 41.3 Å². The molecule has 0 aliphatic carbocycles. The number of hydrogen-bond acceptors (Lipinski definition) is 6. The first-order valence-electron chi connectivity index (χ1n) is 17.1. The molecular weight excluding hydrogens is 648 g/mol. The van der Waals surface area contributed by atoms with Crippen molar-refractivity contribution in [1.29, 1.82) is 0 Å². The average Bonchev–Trinajstić information content (AvgIpc) is 3.06. The molecule has 0 aromatic heterocycles. The number of sulfone groups is 1. The van der Waals surface area contributed by atoms with Crippen LogP contribution in [0.5, 0.6) is 0 Å². The average molecular weight is 700 g/mol. The number of aliphatic hydroxyl groups excluding tert-OH is 1. The van der Waals surface area contributed by atoms with E-state index in [9.17, 15) is 31.9 Å². The highest BCUT2D eigenvalue weighted by Crippen LogP contribution is 2.19. The molecule has 0 heterocycles. The minimum Gasteiger partial charge on any atom is -0.390 e. The molecule has 0 aliphatic rings. The number of carbonyl (C=O) groups is 2. The van der Waals surface area contributed by atoms with Crippen molar-refractivity contribution in [3.05, 3.63) is 107 Å². The summed E-state index contributed by atoms with van der Waals surface area (Å²) in [5.74, 6) is -3.29. The molecule has 2 amide bonds. The predicted molar refractivity (Wildman–Crippen MR) is 189 cm³/mol. The summed E-state index contributed by atoms with van der Waals surface area (Å²) >= 11 is 0. The van der Waals surface area contributed by atoms with Gasteiger partial charge in [-0.3, -0.25) is 9.59 Å². The van der Waals surface area contributed by atoms with Gasteiger partial charge in [0.1, 0.15) is 17.7 Å². The van der Waals surface area contributed by atoms with E-state index in [-0.39, 0.29) is 31.5 Å². The zero-order valence-electron chi connectivity index (χ0n) is 28.8. The van der Waals surface area contributed by atoms with Gasteiger partial charge in [0.25, 0.3) is 0 Å². The van der Waals surface area contributed by atoms with Crippen LogP contribution in [0.1, 0.15) is 75.1 Å². The summed E-state index contributed by atoms with van der Waals surface area (Å²) in [6.07, 6.45) is 1.91. The molecule has 0 saturated heterocycles. The molecular formula is C38H51F2N3O5S. The quantitative estimate of drug-likeness (QED) is 0.147. The number of amides is 2. The lowest BCUT2D eigenvalue weighted by Gasteiger charge is -2.32. The highest BCUT2D eigenvalue weighted by atomic mass is 32.2. The van der Waals surface area contributed by atoms with Crippen LogP contribution in [0.3, 0.4) is 0 Å². The monoisotopic (exact) mass is 699 g/mol. The van der Waals surface area contributed by atoms with Gasteiger partial charge in [-0.2, -0.15) is 0 Å². The van der Waals surface area contributed by atoms with Crippen LogP contribution in [-0.4, -0.2) is 66.0 Å². The van der Waals surface area contributed by atoms with Gasteiger partial charge in [0.05, 0.1) is 17.1 Å². The zero-order chi connectivity index (χ0) is 36.0. The Hall–Kier alpha value is -3.67. The van der Waals surface area contributed by atoms with E-state index in [2.05, 4.69) is 5.32 Å². The standard InChI is InChI=1S/C38H51F2N3O5S/c1-4-11-33(12-5-2)49(47,48)26-35(42-37(45)18-17-28-13-8-7-9-14-28)38(46)43(24-29-16-10-15-27(6-3)19-29)25-36(44)34(41)22-30-20-31(39)23-32(40)21-30/h7-10,13-16,19-21,23,33-36,44H,4-6,11-12,17-18,22,24-26,41H2,1-3H3,(H,42,45)/t34-,35-,36+/m0/s1. The summed E-state index contributed by atoms with van der Waals surface area (Å²) in [6.45, 7) is 5.50. The molecule has 8 nitrogen and oxygen atoms in total. The smallest absolute Gasteiger partial charge is 0.246 e. The number of benzene rings is 3. The predicted octanol–water partition coefficient (Wildman–Crippen LogP) is 5.29. The molecule has 0 unspecified atom stereocenters. The van der Waals surface area contributed by atoms with Crippen molar-refractivity contribution in [1.82, 2.24) is 10.2 Å². The van der Waals surface area contributed by atoms with Gasteiger partial charge < -0.3 is 21.1 Å². The SMILES string of the molecule is CCCC(CCC)S(=O)(=O)C[C@H](NC(=O)CCc1ccccc1)C(=O)N(Cc1cccc(CC)c1)C[C@@H](O)[C@@H](N)Cc1cc(F)cc(F)c1. The molecule has 0 saturated carbocycles. The zero-order valence-corrected chi connectivity index (χ0v) is 29.6. The molecule has 3 rings (SSSR count). The number of carbonyl (C=O) groups excluding carboxylic acids is 2. The third-order valence-electron chi connectivity index (χ3n) is 8.63. The molecule has 0 fully saturated rings. The van der Waals surface area contributed by atoms with Gasteiger partial charge in [-0.05, 0) is 66.5 Å². The van der Waals surface area contributed by atoms with Crippen LogP contribution in [-0.2, 0) is 45.2 Å². The van der Waals surface area contributed by atoms with Crippen LogP contribution in [0.4, 0.5) is 8.78 Å². The summed E-state index contributed by atoms with van der Waals surface area (Å²) in [5, 5.41) is 13.3. The van der Waals surface area contributed by atoms with Crippen LogP contribution < -0.4 is 11.1 Å². The molecule has 0 aliphatic heterocycles. The molecule has 0 radical (unpaired) electrons. The summed E-state index contributed by atoms with van der Waals surface area (Å²) < 4.78 is 55.3. The Morgan fingerprint density at radius 2 is 1.47 bits per heavy atom. The van der Waals surface area contributed by atoms with E-state index >= 15 is 0 Å². The number of aliphatic hydroxyl groups is 1. The number of hydrogen-bond donors (Lipinski definition) is 3. The van der Waals surface area contributed by atoms with Crippen LogP contribution in [0.15, 0.2) is 72.8 Å². The largest absolute Gasteiger partial charge is 0.390 e. The maximum Gasteiger partial charge on any atom is 0.246 e. The Kier molecular flexibility index (Phi) is 15.8. The van der Waals surface area contributed by atoms with Crippen LogP contribution >= 0.6 is 0 Å². The number of aryl methyl sites for hydroxylation is 2. The van der Waals surface area contributed by atoms with E-state index in [0.29, 0.717) is 32.1 Å². The second-order valence-corrected chi connectivity index (χ2v) is 15.1. The lowest BCUT2D eigenvalue weighted by molar-refractivity contribution is -0.137. The van der Waals surface area contributed by atoms with Crippen molar-refractivity contribution in [2.75, 3.05) is 12.3 Å². The summed E-state index contributed by atoms with van der Waals surface area (Å²) in [7, 11) is -3.83. The van der Waals surface area contributed by atoms with Crippen molar-refractivity contribution >= 4 is 21.7 Å². The second-order valence-electron chi connectivity index (χ2n) is 12.7. The first-order chi connectivity index (χ1) is 23.3. The Bertz CT molecular complexity index is 1580. The Morgan fingerprint density at radius 1 is 0.857 bits per heavy atom. The molecule has 11 heteroatoms. The van der Waals surface area contributed by atoms with Gasteiger partial charge in [0.15, 0.2) is 9.84 Å². The van der Waals surface area contributed by atoms with Crippen LogP contribution in [0.25, 0.3) is 0 Å². The molecule has 3 atom stereocenters. The second kappa shape index (κ2) is 19.5. The third-order valence-corrected chi connectivity index (χ3v) is 10.9. The van der Waals surface area contributed by atoms with Gasteiger partial charge >= 0.3 is 0 Å². The van der Waals surface area contributed by atoms with Crippen molar-refractivity contribution in [2.45, 2.75) is 102 Å². The number of nitrogens with one attached hydrogen (secondary N) is 1. The number of halogens is 2. The summed E-state index contributed by atoms with van der Waals surface area (Å²) in [4.78, 5) is 29.0. The first-order valence-corrected chi connectivity index (χ1v) is 18.9. The highest BCUT2D eigenvalue weighted by molar-refractivity contribution is 7.92.